The molecule has 3 nitrogen and oxygen atoms in total. The molecule has 2 aliphatic rings. The van der Waals surface area contributed by atoms with Crippen molar-refractivity contribution in [2.24, 2.45) is 16.2 Å². The van der Waals surface area contributed by atoms with E-state index in [1.807, 2.05) is 6.92 Å². The van der Waals surface area contributed by atoms with Crippen molar-refractivity contribution < 1.29 is 9.90 Å². The summed E-state index contributed by atoms with van der Waals surface area (Å²) in [6, 6.07) is 0.401. The number of nitrogens with one attached hydrogen (secondary N) is 1. The number of carboxylic acid groups (broad SMARTS) is 1. The highest BCUT2D eigenvalue weighted by Crippen LogP contribution is 2.71. The summed E-state index contributed by atoms with van der Waals surface area (Å²) in [5, 5.41) is 13.1. The molecule has 1 aliphatic carbocycles. The lowest BCUT2D eigenvalue weighted by atomic mass is 9.54. The highest BCUT2D eigenvalue weighted by molar-refractivity contribution is 5.79. The highest BCUT2D eigenvalue weighted by atomic mass is 16.4. The van der Waals surface area contributed by atoms with Gasteiger partial charge in [0.05, 0.1) is 5.41 Å². The number of hydrogen-bond donors (Lipinski definition) is 2. The van der Waals surface area contributed by atoms with Gasteiger partial charge in [0.15, 0.2) is 0 Å². The van der Waals surface area contributed by atoms with E-state index in [2.05, 4.69) is 39.9 Å². The van der Waals surface area contributed by atoms with Crippen LogP contribution in [0.5, 0.6) is 0 Å². The Balaban J connectivity index is 2.59. The van der Waals surface area contributed by atoms with Crippen molar-refractivity contribution in [2.75, 3.05) is 0 Å². The zero-order chi connectivity index (χ0) is 12.6. The van der Waals surface area contributed by atoms with E-state index < -0.39 is 11.4 Å². The van der Waals surface area contributed by atoms with Crippen LogP contribution >= 0.6 is 0 Å². The summed E-state index contributed by atoms with van der Waals surface area (Å²) in [5.74, 6) is -0.678. The summed E-state index contributed by atoms with van der Waals surface area (Å²) in [5.41, 5.74) is -1.10. The molecule has 2 N–H and O–H groups in total. The maximum Gasteiger partial charge on any atom is 0.311 e. The first-order chi connectivity index (χ1) is 7.03. The molecule has 2 rings (SSSR count). The Morgan fingerprint density at radius 3 is 2.06 bits per heavy atom. The number of hydrogen-bond acceptors (Lipinski definition) is 2. The van der Waals surface area contributed by atoms with Gasteiger partial charge in [0.2, 0.25) is 0 Å². The topological polar surface area (TPSA) is 49.3 Å². The molecule has 4 unspecified atom stereocenters. The Morgan fingerprint density at radius 2 is 1.75 bits per heavy atom. The Kier molecular flexibility index (Phi) is 1.96. The van der Waals surface area contributed by atoms with Crippen LogP contribution in [-0.4, -0.2) is 22.7 Å². The molecule has 0 amide bonds. The van der Waals surface area contributed by atoms with Crippen LogP contribution in [0.3, 0.4) is 0 Å². The van der Waals surface area contributed by atoms with E-state index in [4.69, 9.17) is 0 Å². The molecule has 1 saturated carbocycles. The number of aliphatic carboxylic acids is 1. The zero-order valence-corrected chi connectivity index (χ0v) is 11.1. The highest BCUT2D eigenvalue weighted by Gasteiger charge is 2.78. The average molecular weight is 225 g/mol. The van der Waals surface area contributed by atoms with E-state index in [0.717, 1.165) is 6.42 Å². The van der Waals surface area contributed by atoms with Crippen LogP contribution in [0.2, 0.25) is 0 Å². The Labute approximate surface area is 97.6 Å². The lowest BCUT2D eigenvalue weighted by Crippen LogP contribution is -2.78. The first-order valence-electron chi connectivity index (χ1n) is 6.04. The SMILES string of the molecule is CC1NC2(C)C1(C)CC(C)(C)C2(C)C(=O)O. The Morgan fingerprint density at radius 1 is 1.25 bits per heavy atom. The third-order valence-electron chi connectivity index (χ3n) is 6.19. The van der Waals surface area contributed by atoms with Crippen molar-refractivity contribution in [3.63, 3.8) is 0 Å². The van der Waals surface area contributed by atoms with Gasteiger partial charge >= 0.3 is 5.97 Å². The van der Waals surface area contributed by atoms with Crippen molar-refractivity contribution >= 4 is 5.97 Å². The standard InChI is InChI=1S/C13H23NO2/c1-8-11(4)7-10(2,3)12(5,9(15)16)13(11,6)14-8/h8,14H,7H2,1-6H3,(H,15,16). The van der Waals surface area contributed by atoms with E-state index in [1.54, 1.807) is 0 Å². The molecule has 4 atom stereocenters. The van der Waals surface area contributed by atoms with Crippen LogP contribution in [0, 0.1) is 16.2 Å². The molecule has 1 heterocycles. The minimum Gasteiger partial charge on any atom is -0.481 e. The molecular weight excluding hydrogens is 202 g/mol. The zero-order valence-electron chi connectivity index (χ0n) is 11.1. The lowest BCUT2D eigenvalue weighted by Gasteiger charge is -2.62. The Bertz CT molecular complexity index is 365. The normalized spacial score (nSPS) is 54.2. The van der Waals surface area contributed by atoms with Gasteiger partial charge in [-0.25, -0.2) is 0 Å². The molecule has 92 valence electrons. The molecule has 16 heavy (non-hydrogen) atoms. The van der Waals surface area contributed by atoms with Gasteiger partial charge in [-0.1, -0.05) is 20.8 Å². The average Bonchev–Trinajstić information content (AvgIpc) is 2.22. The predicted molar refractivity (Wildman–Crippen MR) is 63.3 cm³/mol. The number of carbonyl (C=O) groups is 1. The molecular formula is C13H23NO2. The summed E-state index contributed by atoms with van der Waals surface area (Å²) in [4.78, 5) is 11.7. The van der Waals surface area contributed by atoms with Crippen LogP contribution in [0.4, 0.5) is 0 Å². The Hall–Kier alpha value is -0.570. The first kappa shape index (κ1) is 11.9. The molecule has 0 aromatic rings. The van der Waals surface area contributed by atoms with Gasteiger partial charge in [0.1, 0.15) is 0 Å². The second-order valence-electron chi connectivity index (χ2n) is 6.90. The van der Waals surface area contributed by atoms with E-state index in [1.165, 1.54) is 0 Å². The maximum absolute atomic E-state index is 11.7. The monoisotopic (exact) mass is 225 g/mol. The van der Waals surface area contributed by atoms with Gasteiger partial charge in [-0.3, -0.25) is 4.79 Å². The second kappa shape index (κ2) is 2.63. The van der Waals surface area contributed by atoms with Gasteiger partial charge in [-0.05, 0) is 32.6 Å². The summed E-state index contributed by atoms with van der Waals surface area (Å²) in [6.07, 6.45) is 0.966. The van der Waals surface area contributed by atoms with Crippen LogP contribution in [0.15, 0.2) is 0 Å². The molecule has 1 aliphatic heterocycles. The lowest BCUT2D eigenvalue weighted by molar-refractivity contribution is -0.167. The number of fused-ring (bicyclic) bond motifs is 1. The molecule has 0 spiro atoms. The minimum atomic E-state index is -0.707. The van der Waals surface area contributed by atoms with Gasteiger partial charge in [0.25, 0.3) is 0 Å². The van der Waals surface area contributed by atoms with Crippen LogP contribution in [0.25, 0.3) is 0 Å². The molecule has 0 bridgehead atoms. The van der Waals surface area contributed by atoms with E-state index >= 15 is 0 Å². The van der Waals surface area contributed by atoms with Crippen molar-refractivity contribution in [2.45, 2.75) is 59.5 Å². The summed E-state index contributed by atoms with van der Waals surface area (Å²) >= 11 is 0. The molecule has 1 saturated heterocycles. The molecule has 0 aromatic heterocycles. The predicted octanol–water partition coefficient (Wildman–Crippen LogP) is 2.26. The summed E-state index contributed by atoms with van der Waals surface area (Å²) in [7, 11) is 0. The second-order valence-corrected chi connectivity index (χ2v) is 6.90. The van der Waals surface area contributed by atoms with Gasteiger partial charge in [-0.15, -0.1) is 0 Å². The summed E-state index contributed by atoms with van der Waals surface area (Å²) in [6.45, 7) is 12.5. The van der Waals surface area contributed by atoms with Crippen LogP contribution in [0.1, 0.15) is 48.0 Å². The summed E-state index contributed by atoms with van der Waals surface area (Å²) < 4.78 is 0. The van der Waals surface area contributed by atoms with Crippen molar-refractivity contribution in [3.05, 3.63) is 0 Å². The number of rotatable bonds is 1. The number of carboxylic acids is 1. The fraction of sp³-hybridized carbons (Fsp3) is 0.923. The minimum absolute atomic E-state index is 0.0869. The van der Waals surface area contributed by atoms with E-state index in [9.17, 15) is 9.90 Å². The third-order valence-corrected chi connectivity index (χ3v) is 6.19. The van der Waals surface area contributed by atoms with E-state index in [-0.39, 0.29) is 16.4 Å². The smallest absolute Gasteiger partial charge is 0.311 e. The van der Waals surface area contributed by atoms with Crippen LogP contribution in [-0.2, 0) is 4.79 Å². The van der Waals surface area contributed by atoms with Gasteiger partial charge < -0.3 is 10.4 Å². The van der Waals surface area contributed by atoms with E-state index in [0.29, 0.717) is 6.04 Å². The molecule has 3 heteroatoms. The fourth-order valence-corrected chi connectivity index (χ4v) is 4.43. The molecule has 0 aromatic carbocycles. The molecule has 2 fully saturated rings. The molecule has 0 radical (unpaired) electrons. The van der Waals surface area contributed by atoms with Gasteiger partial charge in [-0.2, -0.15) is 0 Å². The first-order valence-corrected chi connectivity index (χ1v) is 6.04. The largest absolute Gasteiger partial charge is 0.481 e. The van der Waals surface area contributed by atoms with Crippen molar-refractivity contribution in [1.82, 2.24) is 5.32 Å². The van der Waals surface area contributed by atoms with Gasteiger partial charge in [0, 0.05) is 17.0 Å². The third kappa shape index (κ3) is 0.849. The van der Waals surface area contributed by atoms with Crippen molar-refractivity contribution in [1.29, 1.82) is 0 Å². The maximum atomic E-state index is 11.7. The quantitative estimate of drug-likeness (QED) is 0.719. The van der Waals surface area contributed by atoms with Crippen LogP contribution < -0.4 is 5.32 Å². The van der Waals surface area contributed by atoms with Crippen molar-refractivity contribution in [3.8, 4) is 0 Å². The fourth-order valence-electron chi connectivity index (χ4n) is 4.43.